The van der Waals surface area contributed by atoms with Crippen molar-refractivity contribution in [3.63, 3.8) is 0 Å². The van der Waals surface area contributed by atoms with Gasteiger partial charge in [0.1, 0.15) is 0 Å². The number of rotatable bonds is 32. The van der Waals surface area contributed by atoms with E-state index in [4.69, 9.17) is 4.74 Å². The normalized spacial score (nSPS) is 11.3. The SMILES string of the molecule is CCCCCCCCCCCCCCCCCCCOC(=O)CCCCCCCCCCCCCCC. The third-order valence-electron chi connectivity index (χ3n) is 8.00. The van der Waals surface area contributed by atoms with Gasteiger partial charge in [0.05, 0.1) is 6.61 Å². The molecule has 0 radical (unpaired) electrons. The molecule has 0 saturated carbocycles. The molecule has 0 rings (SSSR count). The fraction of sp³-hybridized carbons (Fsp3) is 0.971. The monoisotopic (exact) mass is 523 g/mol. The highest BCUT2D eigenvalue weighted by Gasteiger charge is 2.03. The van der Waals surface area contributed by atoms with Gasteiger partial charge in [-0.1, -0.05) is 194 Å². The molecule has 2 heteroatoms. The topological polar surface area (TPSA) is 26.3 Å². The van der Waals surface area contributed by atoms with Crippen molar-refractivity contribution >= 4 is 5.97 Å². The van der Waals surface area contributed by atoms with Crippen LogP contribution in [0.3, 0.4) is 0 Å². The van der Waals surface area contributed by atoms with Gasteiger partial charge in [0.2, 0.25) is 0 Å². The van der Waals surface area contributed by atoms with Crippen molar-refractivity contribution in [2.75, 3.05) is 6.61 Å². The quantitative estimate of drug-likeness (QED) is 0.0648. The van der Waals surface area contributed by atoms with Gasteiger partial charge in [-0.05, 0) is 12.8 Å². The predicted octanol–water partition coefficient (Wildman–Crippen LogP) is 12.7. The lowest BCUT2D eigenvalue weighted by Crippen LogP contribution is -2.05. The second-order valence-corrected chi connectivity index (χ2v) is 11.9. The van der Waals surface area contributed by atoms with Gasteiger partial charge in [-0.2, -0.15) is 0 Å². The zero-order valence-electron chi connectivity index (χ0n) is 25.9. The summed E-state index contributed by atoms with van der Waals surface area (Å²) in [7, 11) is 0. The van der Waals surface area contributed by atoms with Crippen molar-refractivity contribution in [3.8, 4) is 0 Å². The van der Waals surface area contributed by atoms with Gasteiger partial charge in [0.15, 0.2) is 0 Å². The van der Waals surface area contributed by atoms with Crippen LogP contribution in [0.4, 0.5) is 0 Å². The molecule has 0 aromatic rings. The lowest BCUT2D eigenvalue weighted by atomic mass is 10.0. The van der Waals surface area contributed by atoms with Crippen LogP contribution in [-0.4, -0.2) is 12.6 Å². The summed E-state index contributed by atoms with van der Waals surface area (Å²) >= 11 is 0. The molecule has 0 aliphatic carbocycles. The molecule has 0 aliphatic rings. The van der Waals surface area contributed by atoms with Crippen molar-refractivity contribution in [2.45, 2.75) is 213 Å². The molecule has 0 amide bonds. The number of carbonyl (C=O) groups is 1. The molecule has 37 heavy (non-hydrogen) atoms. The van der Waals surface area contributed by atoms with Gasteiger partial charge >= 0.3 is 5.97 Å². The summed E-state index contributed by atoms with van der Waals surface area (Å²) in [5, 5.41) is 0. The van der Waals surface area contributed by atoms with E-state index < -0.39 is 0 Å². The standard InChI is InChI=1S/C35H70O2/c1-3-5-7-9-11-13-15-17-18-19-20-22-24-26-28-30-32-34-37-35(36)33-31-29-27-25-23-21-16-14-12-10-8-6-4-2/h3-34H2,1-2H3. The molecule has 222 valence electrons. The van der Waals surface area contributed by atoms with Crippen LogP contribution in [0.25, 0.3) is 0 Å². The molecule has 0 atom stereocenters. The van der Waals surface area contributed by atoms with Crippen LogP contribution < -0.4 is 0 Å². The molecule has 0 N–H and O–H groups in total. The van der Waals surface area contributed by atoms with Crippen molar-refractivity contribution in [2.24, 2.45) is 0 Å². The number of hydrogen-bond acceptors (Lipinski definition) is 2. The molecule has 0 spiro atoms. The largest absolute Gasteiger partial charge is 0.466 e. The highest BCUT2D eigenvalue weighted by molar-refractivity contribution is 5.69. The van der Waals surface area contributed by atoms with E-state index in [0.717, 1.165) is 12.8 Å². The second-order valence-electron chi connectivity index (χ2n) is 11.9. The van der Waals surface area contributed by atoms with Crippen LogP contribution in [0, 0.1) is 0 Å². The highest BCUT2D eigenvalue weighted by atomic mass is 16.5. The molecule has 0 bridgehead atoms. The maximum absolute atomic E-state index is 11.9. The number of hydrogen-bond donors (Lipinski definition) is 0. The Kier molecular flexibility index (Phi) is 33.0. The Balaban J connectivity index is 3.13. The van der Waals surface area contributed by atoms with Crippen LogP contribution in [0.2, 0.25) is 0 Å². The van der Waals surface area contributed by atoms with Gasteiger partial charge in [-0.15, -0.1) is 0 Å². The molecule has 0 aromatic heterocycles. The molecule has 0 heterocycles. The molecular formula is C35H70O2. The maximum Gasteiger partial charge on any atom is 0.305 e. The zero-order chi connectivity index (χ0) is 26.9. The van der Waals surface area contributed by atoms with Crippen LogP contribution in [0.5, 0.6) is 0 Å². The minimum atomic E-state index is 0.0274. The fourth-order valence-corrected chi connectivity index (χ4v) is 5.37. The lowest BCUT2D eigenvalue weighted by molar-refractivity contribution is -0.143. The van der Waals surface area contributed by atoms with Crippen molar-refractivity contribution in [1.29, 1.82) is 0 Å². The van der Waals surface area contributed by atoms with E-state index in [0.29, 0.717) is 13.0 Å². The van der Waals surface area contributed by atoms with Crippen LogP contribution >= 0.6 is 0 Å². The average molecular weight is 523 g/mol. The van der Waals surface area contributed by atoms with E-state index in [9.17, 15) is 4.79 Å². The average Bonchev–Trinajstić information content (AvgIpc) is 2.90. The summed E-state index contributed by atoms with van der Waals surface area (Å²) in [6.45, 7) is 5.21. The van der Waals surface area contributed by atoms with Crippen LogP contribution in [0.1, 0.15) is 213 Å². The Hall–Kier alpha value is -0.530. The lowest BCUT2D eigenvalue weighted by Gasteiger charge is -2.06. The van der Waals surface area contributed by atoms with E-state index in [1.165, 1.54) is 180 Å². The molecule has 0 aliphatic heterocycles. The van der Waals surface area contributed by atoms with Gasteiger partial charge < -0.3 is 4.74 Å². The predicted molar refractivity (Wildman–Crippen MR) is 165 cm³/mol. The van der Waals surface area contributed by atoms with E-state index in [-0.39, 0.29) is 5.97 Å². The number of unbranched alkanes of at least 4 members (excludes halogenated alkanes) is 28. The summed E-state index contributed by atoms with van der Waals surface area (Å²) in [4.78, 5) is 11.9. The minimum Gasteiger partial charge on any atom is -0.466 e. The first-order valence-corrected chi connectivity index (χ1v) is 17.5. The summed E-state index contributed by atoms with van der Waals surface area (Å²) in [6.07, 6.45) is 41.6. The number of esters is 1. The second kappa shape index (κ2) is 33.5. The first-order valence-electron chi connectivity index (χ1n) is 17.5. The van der Waals surface area contributed by atoms with Crippen molar-refractivity contribution < 1.29 is 9.53 Å². The third-order valence-corrected chi connectivity index (χ3v) is 8.00. The molecule has 0 unspecified atom stereocenters. The molecule has 0 fully saturated rings. The molecule has 0 aromatic carbocycles. The fourth-order valence-electron chi connectivity index (χ4n) is 5.37. The van der Waals surface area contributed by atoms with Gasteiger partial charge in [0.25, 0.3) is 0 Å². The van der Waals surface area contributed by atoms with E-state index >= 15 is 0 Å². The smallest absolute Gasteiger partial charge is 0.305 e. The Morgan fingerprint density at radius 2 is 0.595 bits per heavy atom. The first-order chi connectivity index (χ1) is 18.3. The Labute approximate surface area is 234 Å². The van der Waals surface area contributed by atoms with E-state index in [1.807, 2.05) is 0 Å². The minimum absolute atomic E-state index is 0.0274. The van der Waals surface area contributed by atoms with Gasteiger partial charge in [-0.3, -0.25) is 4.79 Å². The number of ether oxygens (including phenoxy) is 1. The van der Waals surface area contributed by atoms with E-state index in [2.05, 4.69) is 13.8 Å². The highest BCUT2D eigenvalue weighted by Crippen LogP contribution is 2.15. The molecule has 2 nitrogen and oxygen atoms in total. The summed E-state index contributed by atoms with van der Waals surface area (Å²) < 4.78 is 5.43. The summed E-state index contributed by atoms with van der Waals surface area (Å²) in [5.74, 6) is 0.0274. The molecule has 0 saturated heterocycles. The maximum atomic E-state index is 11.9. The van der Waals surface area contributed by atoms with Gasteiger partial charge in [-0.25, -0.2) is 0 Å². The Morgan fingerprint density at radius 1 is 0.351 bits per heavy atom. The summed E-state index contributed by atoms with van der Waals surface area (Å²) in [6, 6.07) is 0. The Bertz CT molecular complexity index is 419. The van der Waals surface area contributed by atoms with E-state index in [1.54, 1.807) is 0 Å². The Morgan fingerprint density at radius 3 is 0.892 bits per heavy atom. The van der Waals surface area contributed by atoms with Crippen molar-refractivity contribution in [1.82, 2.24) is 0 Å². The summed E-state index contributed by atoms with van der Waals surface area (Å²) in [5.41, 5.74) is 0. The molecular weight excluding hydrogens is 452 g/mol. The van der Waals surface area contributed by atoms with Crippen LogP contribution in [-0.2, 0) is 9.53 Å². The zero-order valence-corrected chi connectivity index (χ0v) is 25.9. The third kappa shape index (κ3) is 33.4. The number of carbonyl (C=O) groups excluding carboxylic acids is 1. The first kappa shape index (κ1) is 36.5. The van der Waals surface area contributed by atoms with Gasteiger partial charge in [0, 0.05) is 6.42 Å². The van der Waals surface area contributed by atoms with Crippen LogP contribution in [0.15, 0.2) is 0 Å². The van der Waals surface area contributed by atoms with Crippen molar-refractivity contribution in [3.05, 3.63) is 0 Å².